The van der Waals surface area contributed by atoms with E-state index in [1.54, 1.807) is 24.5 Å². The van der Waals surface area contributed by atoms with E-state index in [0.717, 1.165) is 30.0 Å². The molecule has 0 bridgehead atoms. The molecule has 0 N–H and O–H groups in total. The molecule has 1 saturated heterocycles. The van der Waals surface area contributed by atoms with Crippen LogP contribution < -0.4 is 0 Å². The van der Waals surface area contributed by atoms with E-state index >= 15 is 0 Å². The van der Waals surface area contributed by atoms with Gasteiger partial charge >= 0.3 is 0 Å². The van der Waals surface area contributed by atoms with Crippen molar-refractivity contribution in [1.82, 2.24) is 24.2 Å². The van der Waals surface area contributed by atoms with E-state index in [1.807, 2.05) is 21.4 Å². The molecule has 0 spiro atoms. The van der Waals surface area contributed by atoms with Gasteiger partial charge in [0.1, 0.15) is 5.82 Å². The Kier molecular flexibility index (Phi) is 5.61. The first-order valence-corrected chi connectivity index (χ1v) is 9.74. The molecule has 1 aliphatic rings. The second kappa shape index (κ2) is 8.30. The average molecular weight is 399 g/mol. The Hall–Kier alpha value is -2.42. The van der Waals surface area contributed by atoms with Gasteiger partial charge in [0.25, 0.3) is 0 Å². The van der Waals surface area contributed by atoms with E-state index in [-0.39, 0.29) is 11.9 Å². The first-order chi connectivity index (χ1) is 13.7. The van der Waals surface area contributed by atoms with Gasteiger partial charge in [-0.25, -0.2) is 9.07 Å². The van der Waals surface area contributed by atoms with Crippen LogP contribution in [0.2, 0.25) is 0 Å². The van der Waals surface area contributed by atoms with Crippen LogP contribution in [0, 0.1) is 10.6 Å². The first-order valence-electron chi connectivity index (χ1n) is 9.33. The Bertz CT molecular complexity index is 986. The molecule has 146 valence electrons. The molecule has 1 unspecified atom stereocenters. The van der Waals surface area contributed by atoms with Gasteiger partial charge in [0.15, 0.2) is 10.6 Å². The Morgan fingerprint density at radius 1 is 1.18 bits per heavy atom. The highest BCUT2D eigenvalue weighted by molar-refractivity contribution is 7.71. The monoisotopic (exact) mass is 399 g/mol. The molecule has 1 aromatic carbocycles. The predicted molar refractivity (Wildman–Crippen MR) is 107 cm³/mol. The Labute approximate surface area is 168 Å². The van der Waals surface area contributed by atoms with E-state index < -0.39 is 0 Å². The molecule has 6 nitrogen and oxygen atoms in total. The standard InChI is InChI=1S/C20H22FN5OS/c1-2-25-19(16-7-9-22-10-8-16)23-26(20(25)28)14-24-11-12-27-18(13-24)15-3-5-17(21)6-4-15/h3-10,18H,2,11-14H2,1H3. The molecule has 8 heteroatoms. The normalized spacial score (nSPS) is 17.7. The lowest BCUT2D eigenvalue weighted by atomic mass is 10.1. The number of benzene rings is 1. The molecule has 28 heavy (non-hydrogen) atoms. The van der Waals surface area contributed by atoms with Crippen LogP contribution in [0.3, 0.4) is 0 Å². The van der Waals surface area contributed by atoms with Crippen molar-refractivity contribution in [3.63, 3.8) is 0 Å². The van der Waals surface area contributed by atoms with Gasteiger partial charge in [-0.3, -0.25) is 9.88 Å². The summed E-state index contributed by atoms with van der Waals surface area (Å²) in [5, 5.41) is 4.77. The average Bonchev–Trinajstić information content (AvgIpc) is 3.05. The number of nitrogens with zero attached hydrogens (tertiary/aromatic N) is 5. The lowest BCUT2D eigenvalue weighted by molar-refractivity contribution is -0.0419. The van der Waals surface area contributed by atoms with E-state index in [2.05, 4.69) is 16.8 Å². The van der Waals surface area contributed by atoms with Crippen LogP contribution in [-0.4, -0.2) is 43.9 Å². The lowest BCUT2D eigenvalue weighted by Gasteiger charge is -2.32. The maximum atomic E-state index is 13.2. The number of halogens is 1. The van der Waals surface area contributed by atoms with Gasteiger partial charge in [0.05, 0.1) is 19.4 Å². The summed E-state index contributed by atoms with van der Waals surface area (Å²) in [6.07, 6.45) is 3.43. The molecule has 1 atom stereocenters. The van der Waals surface area contributed by atoms with E-state index in [0.29, 0.717) is 24.6 Å². The summed E-state index contributed by atoms with van der Waals surface area (Å²) >= 11 is 5.67. The number of rotatable bonds is 5. The molecule has 1 fully saturated rings. The van der Waals surface area contributed by atoms with Crippen LogP contribution in [0.25, 0.3) is 11.4 Å². The lowest BCUT2D eigenvalue weighted by Crippen LogP contribution is -2.39. The minimum Gasteiger partial charge on any atom is -0.371 e. The van der Waals surface area contributed by atoms with Crippen molar-refractivity contribution in [3.8, 4) is 11.4 Å². The number of aromatic nitrogens is 4. The van der Waals surface area contributed by atoms with Crippen molar-refractivity contribution >= 4 is 12.2 Å². The van der Waals surface area contributed by atoms with Crippen LogP contribution in [0.15, 0.2) is 48.8 Å². The molecule has 0 amide bonds. The minimum atomic E-state index is -0.239. The van der Waals surface area contributed by atoms with Crippen LogP contribution in [-0.2, 0) is 18.0 Å². The zero-order valence-electron chi connectivity index (χ0n) is 15.7. The fraction of sp³-hybridized carbons (Fsp3) is 0.350. The molecular formula is C20H22FN5OS. The van der Waals surface area contributed by atoms with Crippen molar-refractivity contribution in [2.75, 3.05) is 19.7 Å². The molecule has 0 radical (unpaired) electrons. The van der Waals surface area contributed by atoms with Crippen molar-refractivity contribution in [3.05, 3.63) is 64.9 Å². The molecule has 3 heterocycles. The van der Waals surface area contributed by atoms with Gasteiger partial charge in [-0.15, -0.1) is 0 Å². The first kappa shape index (κ1) is 18.9. The summed E-state index contributed by atoms with van der Waals surface area (Å²) in [5.74, 6) is 0.606. The summed E-state index contributed by atoms with van der Waals surface area (Å²) in [5.41, 5.74) is 1.97. The second-order valence-electron chi connectivity index (χ2n) is 6.72. The third kappa shape index (κ3) is 3.89. The molecule has 3 aromatic rings. The van der Waals surface area contributed by atoms with Crippen molar-refractivity contribution in [2.24, 2.45) is 0 Å². The quantitative estimate of drug-likeness (QED) is 0.613. The molecule has 0 aliphatic carbocycles. The molecular weight excluding hydrogens is 377 g/mol. The summed E-state index contributed by atoms with van der Waals surface area (Å²) in [6.45, 7) is 5.51. The molecule has 2 aromatic heterocycles. The van der Waals surface area contributed by atoms with Gasteiger partial charge < -0.3 is 9.30 Å². The van der Waals surface area contributed by atoms with Crippen LogP contribution in [0.1, 0.15) is 18.6 Å². The maximum Gasteiger partial charge on any atom is 0.199 e. The van der Waals surface area contributed by atoms with E-state index in [9.17, 15) is 4.39 Å². The highest BCUT2D eigenvalue weighted by atomic mass is 32.1. The number of hydrogen-bond acceptors (Lipinski definition) is 5. The van der Waals surface area contributed by atoms with Gasteiger partial charge in [-0.2, -0.15) is 5.10 Å². The van der Waals surface area contributed by atoms with Crippen molar-refractivity contribution in [1.29, 1.82) is 0 Å². The number of hydrogen-bond donors (Lipinski definition) is 0. The smallest absolute Gasteiger partial charge is 0.199 e. The SMILES string of the molecule is CCn1c(-c2ccncc2)nn(CN2CCOC(c3ccc(F)cc3)C2)c1=S. The van der Waals surface area contributed by atoms with Gasteiger partial charge in [0, 0.05) is 37.6 Å². The van der Waals surface area contributed by atoms with Gasteiger partial charge in [-0.1, -0.05) is 12.1 Å². The number of morpholine rings is 1. The number of pyridine rings is 1. The molecule has 1 aliphatic heterocycles. The summed E-state index contributed by atoms with van der Waals surface area (Å²) in [4.78, 5) is 6.34. The Morgan fingerprint density at radius 2 is 1.93 bits per heavy atom. The van der Waals surface area contributed by atoms with E-state index in [4.69, 9.17) is 22.1 Å². The number of ether oxygens (including phenoxy) is 1. The van der Waals surface area contributed by atoms with Crippen LogP contribution in [0.4, 0.5) is 4.39 Å². The van der Waals surface area contributed by atoms with Gasteiger partial charge in [0.2, 0.25) is 0 Å². The zero-order valence-corrected chi connectivity index (χ0v) is 16.5. The fourth-order valence-electron chi connectivity index (χ4n) is 3.43. The van der Waals surface area contributed by atoms with Crippen LogP contribution in [0.5, 0.6) is 0 Å². The zero-order chi connectivity index (χ0) is 19.5. The maximum absolute atomic E-state index is 13.2. The summed E-state index contributed by atoms with van der Waals surface area (Å²) in [7, 11) is 0. The fourth-order valence-corrected chi connectivity index (χ4v) is 3.75. The van der Waals surface area contributed by atoms with E-state index in [1.165, 1.54) is 12.1 Å². The Balaban J connectivity index is 1.55. The van der Waals surface area contributed by atoms with Crippen molar-refractivity contribution < 1.29 is 9.13 Å². The third-order valence-electron chi connectivity index (χ3n) is 4.90. The summed E-state index contributed by atoms with van der Waals surface area (Å²) < 4.78 is 23.7. The molecule has 4 rings (SSSR count). The predicted octanol–water partition coefficient (Wildman–Crippen LogP) is 3.67. The topological polar surface area (TPSA) is 48.1 Å². The largest absolute Gasteiger partial charge is 0.371 e. The minimum absolute atomic E-state index is 0.0866. The highest BCUT2D eigenvalue weighted by Crippen LogP contribution is 2.23. The highest BCUT2D eigenvalue weighted by Gasteiger charge is 2.23. The third-order valence-corrected chi connectivity index (χ3v) is 5.34. The Morgan fingerprint density at radius 3 is 2.64 bits per heavy atom. The summed E-state index contributed by atoms with van der Waals surface area (Å²) in [6, 6.07) is 10.4. The second-order valence-corrected chi connectivity index (χ2v) is 7.08. The van der Waals surface area contributed by atoms with Crippen molar-refractivity contribution in [2.45, 2.75) is 26.2 Å². The van der Waals surface area contributed by atoms with Gasteiger partial charge in [-0.05, 0) is 49.0 Å². The molecule has 0 saturated carbocycles. The van der Waals surface area contributed by atoms with Crippen LogP contribution >= 0.6 is 12.2 Å².